The van der Waals surface area contributed by atoms with Crippen LogP contribution in [-0.4, -0.2) is 26.1 Å². The van der Waals surface area contributed by atoms with E-state index in [1.165, 1.54) is 6.07 Å². The highest BCUT2D eigenvalue weighted by Gasteiger charge is 2.13. The number of hydrogen-bond acceptors (Lipinski definition) is 3. The molecule has 7 heteroatoms. The molecule has 3 heterocycles. The summed E-state index contributed by atoms with van der Waals surface area (Å²) in [6.07, 6.45) is 5.65. The van der Waals surface area contributed by atoms with E-state index in [4.69, 9.17) is 0 Å². The van der Waals surface area contributed by atoms with E-state index in [1.54, 1.807) is 12.3 Å². The second-order valence-electron chi connectivity index (χ2n) is 5.08. The zero-order valence-corrected chi connectivity index (χ0v) is 12.1. The Kier molecular flexibility index (Phi) is 3.86. The predicted molar refractivity (Wildman–Crippen MR) is 81.2 cm³/mol. The van der Waals surface area contributed by atoms with Gasteiger partial charge in [-0.3, -0.25) is 9.89 Å². The smallest absolute Gasteiger partial charge is 0.273 e. The number of hydrogen-bond donors (Lipinski definition) is 3. The summed E-state index contributed by atoms with van der Waals surface area (Å²) in [5.41, 5.74) is 2.24. The Balaban J connectivity index is 1.78. The van der Waals surface area contributed by atoms with Crippen LogP contribution in [0.5, 0.6) is 0 Å². The fraction of sp³-hybridized carbons (Fsp3) is 0.267. The van der Waals surface area contributed by atoms with Gasteiger partial charge in [-0.15, -0.1) is 0 Å². The molecule has 6 nitrogen and oxygen atoms in total. The minimum Gasteiger partial charge on any atom is -0.344 e. The number of unbranched alkanes of at least 4 members (excludes halogenated alkanes) is 1. The Morgan fingerprint density at radius 2 is 2.27 bits per heavy atom. The van der Waals surface area contributed by atoms with Crippen LogP contribution in [0.25, 0.3) is 11.0 Å². The monoisotopic (exact) mass is 301 g/mol. The Hall–Kier alpha value is -2.70. The van der Waals surface area contributed by atoms with Crippen molar-refractivity contribution in [3.63, 3.8) is 0 Å². The number of nitrogens with zero attached hydrogens (tertiary/aromatic N) is 2. The summed E-state index contributed by atoms with van der Waals surface area (Å²) < 4.78 is 13.3. The SMILES string of the molecule is CCCCc1cc(C(=O)Nc2c[nH]c3ncc(F)cc23)[nH]n1. The second kappa shape index (κ2) is 5.97. The summed E-state index contributed by atoms with van der Waals surface area (Å²) in [4.78, 5) is 19.0. The van der Waals surface area contributed by atoms with E-state index >= 15 is 0 Å². The minimum absolute atomic E-state index is 0.319. The molecule has 3 aromatic rings. The van der Waals surface area contributed by atoms with Crippen molar-refractivity contribution in [3.8, 4) is 0 Å². The van der Waals surface area contributed by atoms with Crippen LogP contribution < -0.4 is 5.32 Å². The van der Waals surface area contributed by atoms with Gasteiger partial charge in [-0.2, -0.15) is 5.10 Å². The van der Waals surface area contributed by atoms with Gasteiger partial charge in [0.1, 0.15) is 17.2 Å². The summed E-state index contributed by atoms with van der Waals surface area (Å²) in [6.45, 7) is 2.10. The van der Waals surface area contributed by atoms with Gasteiger partial charge in [0.15, 0.2) is 0 Å². The first-order valence-electron chi connectivity index (χ1n) is 7.15. The number of pyridine rings is 1. The lowest BCUT2D eigenvalue weighted by atomic mass is 10.2. The van der Waals surface area contributed by atoms with Gasteiger partial charge in [-0.25, -0.2) is 9.37 Å². The molecule has 0 spiro atoms. The zero-order chi connectivity index (χ0) is 15.5. The van der Waals surface area contributed by atoms with Crippen LogP contribution in [0.4, 0.5) is 10.1 Å². The van der Waals surface area contributed by atoms with Gasteiger partial charge in [0.25, 0.3) is 5.91 Å². The maximum absolute atomic E-state index is 13.3. The molecule has 0 unspecified atom stereocenters. The number of carbonyl (C=O) groups is 1. The lowest BCUT2D eigenvalue weighted by Gasteiger charge is -2.01. The minimum atomic E-state index is -0.453. The fourth-order valence-electron chi connectivity index (χ4n) is 2.24. The molecule has 0 aliphatic heterocycles. The van der Waals surface area contributed by atoms with Crippen molar-refractivity contribution in [2.75, 3.05) is 5.32 Å². The summed E-state index contributed by atoms with van der Waals surface area (Å²) in [5.74, 6) is -0.772. The molecule has 3 aromatic heterocycles. The molecular formula is C15H16FN5O. The lowest BCUT2D eigenvalue weighted by molar-refractivity contribution is 0.102. The Labute approximate surface area is 126 Å². The van der Waals surface area contributed by atoms with Crippen LogP contribution in [0.15, 0.2) is 24.5 Å². The van der Waals surface area contributed by atoms with Crippen LogP contribution in [0.1, 0.15) is 35.9 Å². The van der Waals surface area contributed by atoms with Gasteiger partial charge >= 0.3 is 0 Å². The van der Waals surface area contributed by atoms with Crippen molar-refractivity contribution in [1.82, 2.24) is 20.2 Å². The van der Waals surface area contributed by atoms with Crippen molar-refractivity contribution in [2.45, 2.75) is 26.2 Å². The highest BCUT2D eigenvalue weighted by Crippen LogP contribution is 2.22. The molecule has 0 aliphatic carbocycles. The van der Waals surface area contributed by atoms with Crippen molar-refractivity contribution >= 4 is 22.6 Å². The van der Waals surface area contributed by atoms with E-state index in [1.807, 2.05) is 0 Å². The van der Waals surface area contributed by atoms with E-state index < -0.39 is 5.82 Å². The third-order valence-corrected chi connectivity index (χ3v) is 3.41. The van der Waals surface area contributed by atoms with E-state index in [2.05, 4.69) is 32.4 Å². The molecule has 0 saturated carbocycles. The largest absolute Gasteiger partial charge is 0.344 e. The van der Waals surface area contributed by atoms with Crippen molar-refractivity contribution < 1.29 is 9.18 Å². The highest BCUT2D eigenvalue weighted by atomic mass is 19.1. The van der Waals surface area contributed by atoms with Crippen molar-refractivity contribution in [3.05, 3.63) is 41.7 Å². The molecule has 1 amide bonds. The number of nitrogens with one attached hydrogen (secondary N) is 3. The summed E-state index contributed by atoms with van der Waals surface area (Å²) in [6, 6.07) is 3.06. The van der Waals surface area contributed by atoms with Crippen LogP contribution in [0.3, 0.4) is 0 Å². The van der Waals surface area contributed by atoms with Crippen LogP contribution >= 0.6 is 0 Å². The Morgan fingerprint density at radius 3 is 3.09 bits per heavy atom. The zero-order valence-electron chi connectivity index (χ0n) is 12.1. The first-order chi connectivity index (χ1) is 10.7. The molecule has 0 aliphatic rings. The third kappa shape index (κ3) is 2.83. The maximum Gasteiger partial charge on any atom is 0.273 e. The molecule has 3 N–H and O–H groups in total. The molecule has 0 atom stereocenters. The maximum atomic E-state index is 13.3. The van der Waals surface area contributed by atoms with Crippen LogP contribution in [0, 0.1) is 5.82 Å². The van der Waals surface area contributed by atoms with E-state index in [-0.39, 0.29) is 5.91 Å². The van der Waals surface area contributed by atoms with Gasteiger partial charge in [0.05, 0.1) is 17.6 Å². The predicted octanol–water partition coefficient (Wildman–Crippen LogP) is 3.02. The Morgan fingerprint density at radius 1 is 1.41 bits per heavy atom. The van der Waals surface area contributed by atoms with Crippen molar-refractivity contribution in [1.29, 1.82) is 0 Å². The number of aryl methyl sites for hydroxylation is 1. The van der Waals surface area contributed by atoms with Crippen LogP contribution in [0.2, 0.25) is 0 Å². The van der Waals surface area contributed by atoms with E-state index in [9.17, 15) is 9.18 Å². The van der Waals surface area contributed by atoms with E-state index in [0.717, 1.165) is 31.2 Å². The number of amides is 1. The average Bonchev–Trinajstić information content (AvgIpc) is 3.12. The number of H-pyrrole nitrogens is 2. The molecule has 114 valence electrons. The van der Waals surface area contributed by atoms with Gasteiger partial charge in [0.2, 0.25) is 0 Å². The summed E-state index contributed by atoms with van der Waals surface area (Å²) in [7, 11) is 0. The fourth-order valence-corrected chi connectivity index (χ4v) is 2.24. The molecule has 0 bridgehead atoms. The van der Waals surface area contributed by atoms with E-state index in [0.29, 0.717) is 22.4 Å². The highest BCUT2D eigenvalue weighted by molar-refractivity contribution is 6.07. The Bertz CT molecular complexity index is 807. The number of aromatic nitrogens is 4. The molecule has 0 radical (unpaired) electrons. The van der Waals surface area contributed by atoms with Crippen molar-refractivity contribution in [2.24, 2.45) is 0 Å². The molecule has 0 aromatic carbocycles. The number of aromatic amines is 2. The topological polar surface area (TPSA) is 86.5 Å². The van der Waals surface area contributed by atoms with Gasteiger partial charge in [-0.1, -0.05) is 13.3 Å². The van der Waals surface area contributed by atoms with Gasteiger partial charge in [-0.05, 0) is 25.0 Å². The summed E-state index contributed by atoms with van der Waals surface area (Å²) in [5, 5.41) is 10.1. The first kappa shape index (κ1) is 14.2. The summed E-state index contributed by atoms with van der Waals surface area (Å²) >= 11 is 0. The quantitative estimate of drug-likeness (QED) is 0.677. The number of fused-ring (bicyclic) bond motifs is 1. The number of rotatable bonds is 5. The molecule has 0 saturated heterocycles. The average molecular weight is 301 g/mol. The molecule has 22 heavy (non-hydrogen) atoms. The van der Waals surface area contributed by atoms with Gasteiger partial charge in [0, 0.05) is 11.6 Å². The first-order valence-corrected chi connectivity index (χ1v) is 7.15. The van der Waals surface area contributed by atoms with Gasteiger partial charge < -0.3 is 10.3 Å². The molecular weight excluding hydrogens is 285 g/mol. The lowest BCUT2D eigenvalue weighted by Crippen LogP contribution is -2.12. The normalized spacial score (nSPS) is 11.0. The molecule has 0 fully saturated rings. The second-order valence-corrected chi connectivity index (χ2v) is 5.08. The standard InChI is InChI=1S/C15H16FN5O/c1-2-3-4-10-6-12(21-20-10)15(22)19-13-8-18-14-11(13)5-9(16)7-17-14/h5-8H,2-4H2,1H3,(H,17,18)(H,19,22)(H,20,21). The van der Waals surface area contributed by atoms with Crippen LogP contribution in [-0.2, 0) is 6.42 Å². The molecule has 3 rings (SSSR count). The third-order valence-electron chi connectivity index (χ3n) is 3.41. The number of carbonyl (C=O) groups excluding carboxylic acids is 1. The number of halogens is 1. The number of anilines is 1.